The van der Waals surface area contributed by atoms with Crippen LogP contribution in [0.1, 0.15) is 25.7 Å². The highest BCUT2D eigenvalue weighted by Gasteiger charge is 2.51. The maximum absolute atomic E-state index is 12.1. The number of hydrogen-bond acceptors (Lipinski definition) is 5. The van der Waals surface area contributed by atoms with Gasteiger partial charge in [-0.1, -0.05) is 0 Å². The lowest BCUT2D eigenvalue weighted by atomic mass is 9.87. The number of ether oxygens (including phenoxy) is 1. The second-order valence-electron chi connectivity index (χ2n) is 5.33. The van der Waals surface area contributed by atoms with E-state index in [0.29, 0.717) is 25.9 Å². The SMILES string of the molecule is COC(=O)CCC(=O)N1CCC2(CC1)NC(=O)N(C)C2=O. The molecule has 0 aliphatic carbocycles. The minimum atomic E-state index is -0.870. The number of carbonyl (C=O) groups excluding carboxylic acids is 4. The molecule has 8 nitrogen and oxygen atoms in total. The summed E-state index contributed by atoms with van der Waals surface area (Å²) in [6, 6.07) is -0.398. The van der Waals surface area contributed by atoms with Crippen molar-refractivity contribution in [2.24, 2.45) is 0 Å². The summed E-state index contributed by atoms with van der Waals surface area (Å²) >= 11 is 0. The van der Waals surface area contributed by atoms with Crippen molar-refractivity contribution in [2.75, 3.05) is 27.2 Å². The van der Waals surface area contributed by atoms with E-state index in [2.05, 4.69) is 10.1 Å². The van der Waals surface area contributed by atoms with Gasteiger partial charge in [0.15, 0.2) is 0 Å². The van der Waals surface area contributed by atoms with Gasteiger partial charge in [0.25, 0.3) is 5.91 Å². The Labute approximate surface area is 122 Å². The van der Waals surface area contributed by atoms with Gasteiger partial charge in [-0.05, 0) is 12.8 Å². The van der Waals surface area contributed by atoms with E-state index in [-0.39, 0.29) is 24.7 Å². The van der Waals surface area contributed by atoms with Crippen LogP contribution in [0.15, 0.2) is 0 Å². The molecule has 0 saturated carbocycles. The molecule has 21 heavy (non-hydrogen) atoms. The van der Waals surface area contributed by atoms with E-state index in [9.17, 15) is 19.2 Å². The third-order valence-corrected chi connectivity index (χ3v) is 4.11. The highest BCUT2D eigenvalue weighted by molar-refractivity contribution is 6.06. The number of likely N-dealkylation sites (N-methyl/N-ethyl adjacent to an activating group) is 1. The zero-order valence-corrected chi connectivity index (χ0v) is 12.2. The molecule has 0 aromatic heterocycles. The van der Waals surface area contributed by atoms with Gasteiger partial charge in [-0.2, -0.15) is 0 Å². The molecule has 2 fully saturated rings. The van der Waals surface area contributed by atoms with E-state index >= 15 is 0 Å². The Morgan fingerprint density at radius 1 is 1.24 bits per heavy atom. The van der Waals surface area contributed by atoms with Gasteiger partial charge in [-0.25, -0.2) is 4.79 Å². The maximum Gasteiger partial charge on any atom is 0.324 e. The van der Waals surface area contributed by atoms with Gasteiger partial charge in [-0.15, -0.1) is 0 Å². The number of likely N-dealkylation sites (tertiary alicyclic amines) is 1. The van der Waals surface area contributed by atoms with Crippen LogP contribution in [-0.4, -0.2) is 66.4 Å². The third kappa shape index (κ3) is 2.84. The van der Waals surface area contributed by atoms with Crippen molar-refractivity contribution in [3.05, 3.63) is 0 Å². The first-order valence-corrected chi connectivity index (χ1v) is 6.84. The second-order valence-corrected chi connectivity index (χ2v) is 5.33. The van der Waals surface area contributed by atoms with Crippen molar-refractivity contribution in [3.63, 3.8) is 0 Å². The Hall–Kier alpha value is -2.12. The number of rotatable bonds is 3. The van der Waals surface area contributed by atoms with Crippen molar-refractivity contribution in [3.8, 4) is 0 Å². The number of methoxy groups -OCH3 is 1. The molecule has 0 radical (unpaired) electrons. The van der Waals surface area contributed by atoms with Gasteiger partial charge < -0.3 is 15.0 Å². The lowest BCUT2D eigenvalue weighted by Crippen LogP contribution is -2.55. The van der Waals surface area contributed by atoms with Gasteiger partial charge in [0.05, 0.1) is 13.5 Å². The third-order valence-electron chi connectivity index (χ3n) is 4.11. The number of amides is 4. The number of carbonyl (C=O) groups is 4. The molecule has 1 N–H and O–H groups in total. The summed E-state index contributed by atoms with van der Waals surface area (Å²) in [5, 5.41) is 2.71. The summed E-state index contributed by atoms with van der Waals surface area (Å²) in [5.74, 6) is -0.800. The summed E-state index contributed by atoms with van der Waals surface area (Å²) in [6.07, 6.45) is 0.938. The first-order valence-electron chi connectivity index (χ1n) is 6.84. The number of esters is 1. The van der Waals surface area contributed by atoms with Crippen molar-refractivity contribution < 1.29 is 23.9 Å². The minimum absolute atomic E-state index is 0.0510. The fourth-order valence-corrected chi connectivity index (χ4v) is 2.70. The molecule has 2 saturated heterocycles. The number of imide groups is 1. The fraction of sp³-hybridized carbons (Fsp3) is 0.692. The van der Waals surface area contributed by atoms with E-state index in [4.69, 9.17) is 0 Å². The Balaban J connectivity index is 1.89. The number of urea groups is 1. The highest BCUT2D eigenvalue weighted by Crippen LogP contribution is 2.29. The van der Waals surface area contributed by atoms with E-state index < -0.39 is 17.5 Å². The van der Waals surface area contributed by atoms with Gasteiger partial charge in [0, 0.05) is 26.6 Å². The van der Waals surface area contributed by atoms with Gasteiger partial charge >= 0.3 is 12.0 Å². The Morgan fingerprint density at radius 3 is 2.33 bits per heavy atom. The first kappa shape index (κ1) is 15.3. The number of hydrogen-bond donors (Lipinski definition) is 1. The Kier molecular flexibility index (Phi) is 4.15. The number of nitrogens with zero attached hydrogens (tertiary/aromatic N) is 2. The molecule has 4 amide bonds. The molecule has 2 rings (SSSR count). The second kappa shape index (κ2) is 5.71. The summed E-state index contributed by atoms with van der Waals surface area (Å²) in [4.78, 5) is 49.3. The predicted octanol–water partition coefficient (Wildman–Crippen LogP) is -0.518. The van der Waals surface area contributed by atoms with Crippen LogP contribution < -0.4 is 5.32 Å². The molecule has 0 aromatic rings. The topological polar surface area (TPSA) is 96.0 Å². The first-order chi connectivity index (χ1) is 9.89. The zero-order chi connectivity index (χ0) is 15.6. The molecular formula is C13H19N3O5. The van der Waals surface area contributed by atoms with Crippen molar-refractivity contribution in [1.29, 1.82) is 0 Å². The standard InChI is InChI=1S/C13H19N3O5/c1-15-11(19)13(14-12(15)20)5-7-16(8-6-13)9(17)3-4-10(18)21-2/h3-8H2,1-2H3,(H,14,20). The van der Waals surface area contributed by atoms with Gasteiger partial charge in [0.1, 0.15) is 5.54 Å². The number of piperidine rings is 1. The quantitative estimate of drug-likeness (QED) is 0.559. The molecule has 2 aliphatic heterocycles. The number of nitrogens with one attached hydrogen (secondary N) is 1. The van der Waals surface area contributed by atoms with Crippen molar-refractivity contribution in [1.82, 2.24) is 15.1 Å². The molecule has 0 aromatic carbocycles. The average Bonchev–Trinajstić information content (AvgIpc) is 2.69. The summed E-state index contributed by atoms with van der Waals surface area (Å²) in [7, 11) is 2.72. The van der Waals surface area contributed by atoms with Crippen LogP contribution in [0.5, 0.6) is 0 Å². The molecule has 0 unspecified atom stereocenters. The summed E-state index contributed by atoms with van der Waals surface area (Å²) in [6.45, 7) is 0.778. The van der Waals surface area contributed by atoms with Crippen LogP contribution in [0, 0.1) is 0 Å². The smallest absolute Gasteiger partial charge is 0.324 e. The monoisotopic (exact) mass is 297 g/mol. The molecule has 2 heterocycles. The lowest BCUT2D eigenvalue weighted by molar-refractivity contribution is -0.144. The normalized spacial score (nSPS) is 20.7. The van der Waals surface area contributed by atoms with Crippen molar-refractivity contribution >= 4 is 23.8 Å². The van der Waals surface area contributed by atoms with E-state index in [1.54, 1.807) is 4.90 Å². The van der Waals surface area contributed by atoms with Crippen LogP contribution in [0.2, 0.25) is 0 Å². The summed E-state index contributed by atoms with van der Waals surface area (Å²) in [5.41, 5.74) is -0.870. The largest absolute Gasteiger partial charge is 0.469 e. The molecule has 116 valence electrons. The van der Waals surface area contributed by atoms with Gasteiger partial charge in [-0.3, -0.25) is 19.3 Å². The van der Waals surface area contributed by atoms with E-state index in [1.807, 2.05) is 0 Å². The van der Waals surface area contributed by atoms with Crippen molar-refractivity contribution in [2.45, 2.75) is 31.2 Å². The van der Waals surface area contributed by atoms with Crippen LogP contribution in [0.4, 0.5) is 4.79 Å². The van der Waals surface area contributed by atoms with Crippen LogP contribution >= 0.6 is 0 Å². The van der Waals surface area contributed by atoms with E-state index in [1.165, 1.54) is 14.2 Å². The molecule has 8 heteroatoms. The predicted molar refractivity (Wildman–Crippen MR) is 71.1 cm³/mol. The average molecular weight is 297 g/mol. The lowest BCUT2D eigenvalue weighted by Gasteiger charge is -2.37. The van der Waals surface area contributed by atoms with Crippen LogP contribution in [-0.2, 0) is 19.1 Å². The van der Waals surface area contributed by atoms with Crippen LogP contribution in [0.25, 0.3) is 0 Å². The van der Waals surface area contributed by atoms with Crippen LogP contribution in [0.3, 0.4) is 0 Å². The Morgan fingerprint density at radius 2 is 1.86 bits per heavy atom. The molecule has 1 spiro atoms. The highest BCUT2D eigenvalue weighted by atomic mass is 16.5. The maximum atomic E-state index is 12.1. The summed E-state index contributed by atoms with van der Waals surface area (Å²) < 4.78 is 4.49. The molecule has 0 atom stereocenters. The molecule has 0 bridgehead atoms. The van der Waals surface area contributed by atoms with Gasteiger partial charge in [0.2, 0.25) is 5.91 Å². The fourth-order valence-electron chi connectivity index (χ4n) is 2.70. The minimum Gasteiger partial charge on any atom is -0.469 e. The van der Waals surface area contributed by atoms with E-state index in [0.717, 1.165) is 4.90 Å². The zero-order valence-electron chi connectivity index (χ0n) is 12.2. The molecular weight excluding hydrogens is 278 g/mol. The molecule has 2 aliphatic rings. The Bertz CT molecular complexity index is 482.